The first-order chi connectivity index (χ1) is 66.9. The van der Waals surface area contributed by atoms with Gasteiger partial charge in [-0.1, -0.05) is 404 Å². The van der Waals surface area contributed by atoms with Gasteiger partial charge in [-0.15, -0.1) is 0 Å². The van der Waals surface area contributed by atoms with Crippen molar-refractivity contribution in [3.8, 4) is 170 Å². The SMILES string of the molecule is CC1(C)c2ccccc2-c2cc(-c3ccc(-c4nc(-c5ccccc5)nc(-c5ccc6c(c5)C5c7ccccc7C6c6cc(-c7nc(-c8ccccc8)nc(-c8ccccc8)n7)ccc65)n4)cc3)ccc21.CC1(C)c2ccccc2-c2cc(-c3nc(-c4ccccc4)nc(-c4ccc5c(c4)C4c6ccccc6C5c5cc(-c6nc(-c7ccccc7)nc(-c7ccccc7)n6)ccc54)n3)ccc21. The third kappa shape index (κ3) is 13.3. The van der Waals surface area contributed by atoms with E-state index in [2.05, 4.69) is 331 Å². The molecule has 4 unspecified atom stereocenters. The summed E-state index contributed by atoms with van der Waals surface area (Å²) in [6, 6.07) is 146. The molecule has 136 heavy (non-hydrogen) atoms. The van der Waals surface area contributed by atoms with E-state index in [9.17, 15) is 0 Å². The molecular formula is C124H84N12. The molecule has 640 valence electrons. The third-order valence-electron chi connectivity index (χ3n) is 28.7. The number of aromatic nitrogens is 12. The zero-order chi connectivity index (χ0) is 90.4. The Bertz CT molecular complexity index is 8300. The molecule has 0 spiro atoms. The molecule has 4 aromatic heterocycles. The minimum Gasteiger partial charge on any atom is -0.208 e. The predicted octanol–water partition coefficient (Wildman–Crippen LogP) is 28.4. The Balaban J connectivity index is 0.000000142. The van der Waals surface area contributed by atoms with Crippen molar-refractivity contribution in [2.45, 2.75) is 62.2 Å². The molecular weight excluding hydrogens is 1660 g/mol. The molecule has 8 aliphatic rings. The van der Waals surface area contributed by atoms with Crippen LogP contribution in [0, 0.1) is 0 Å². The summed E-state index contributed by atoms with van der Waals surface area (Å²) < 4.78 is 0. The van der Waals surface area contributed by atoms with Gasteiger partial charge in [0.25, 0.3) is 0 Å². The van der Waals surface area contributed by atoms with Crippen LogP contribution in [0.4, 0.5) is 0 Å². The Hall–Kier alpha value is -17.2. The van der Waals surface area contributed by atoms with Gasteiger partial charge in [0.1, 0.15) is 0 Å². The largest absolute Gasteiger partial charge is 0.208 e. The van der Waals surface area contributed by atoms with E-state index in [1.807, 2.05) is 109 Å². The van der Waals surface area contributed by atoms with Crippen LogP contribution in [-0.4, -0.2) is 59.8 Å². The standard InChI is InChI=1S/C65H44N6.C59H40N6/c1-65(2)55-25-15-14-22-47(55)52-36-44(32-35-56(52)65)39-26-28-43(29-27-39)62-67-61(42-20-10-5-11-21-42)70-64(71-62)46-31-34-51-54(38-46)58-49-24-13-12-23-48(49)57(51)53-37-45(30-33-50(53)58)63-68-59(40-16-6-3-7-17-40)66-60(69-63)41-18-8-4-9-19-41;1-59(2)49-25-15-14-22-41(49)46-32-40(28-31-50(46)59)58-64-55(37-20-10-5-11-21-37)63-57(65-58)39-27-30-45-48(34-39)52-43-24-13-12-23-42(43)51(45)47-33-38(26-29-44(47)52)56-61-53(35-16-6-3-7-17-35)60-54(62-56)36-18-8-4-9-19-36/h3-38,57-58H,1-2H3;3-34,51-52H,1-2H3. The second kappa shape index (κ2) is 31.8. The Labute approximate surface area is 788 Å². The Morgan fingerprint density at radius 2 is 0.309 bits per heavy atom. The van der Waals surface area contributed by atoms with Gasteiger partial charge in [-0.25, -0.2) is 59.8 Å². The number of rotatable bonds is 13. The summed E-state index contributed by atoms with van der Waals surface area (Å²) in [7, 11) is 0. The highest BCUT2D eigenvalue weighted by molar-refractivity contribution is 5.88. The van der Waals surface area contributed by atoms with E-state index in [1.54, 1.807) is 0 Å². The molecule has 4 atom stereocenters. The van der Waals surface area contributed by atoms with Crippen molar-refractivity contribution in [2.75, 3.05) is 0 Å². The molecule has 0 amide bonds. The molecule has 4 heterocycles. The number of nitrogens with zero attached hydrogens (tertiary/aromatic N) is 12. The van der Waals surface area contributed by atoms with Crippen molar-refractivity contribution >= 4 is 0 Å². The van der Waals surface area contributed by atoms with E-state index in [-0.39, 0.29) is 34.5 Å². The molecule has 0 fully saturated rings. The van der Waals surface area contributed by atoms with Gasteiger partial charge in [0.05, 0.1) is 0 Å². The van der Waals surface area contributed by atoms with E-state index in [4.69, 9.17) is 59.8 Å². The van der Waals surface area contributed by atoms with E-state index in [0.29, 0.717) is 69.9 Å². The lowest BCUT2D eigenvalue weighted by Gasteiger charge is -2.42. The molecule has 4 bridgehead atoms. The lowest BCUT2D eigenvalue weighted by Crippen LogP contribution is -2.27. The summed E-state index contributed by atoms with van der Waals surface area (Å²) in [6.45, 7) is 9.26. The molecule has 0 N–H and O–H groups in total. The maximum Gasteiger partial charge on any atom is 0.164 e. The normalized spacial score (nSPS) is 15.5. The minimum absolute atomic E-state index is 0.0227. The van der Waals surface area contributed by atoms with Crippen molar-refractivity contribution in [2.24, 2.45) is 0 Å². The lowest BCUT2D eigenvalue weighted by atomic mass is 9.61. The second-order valence-corrected chi connectivity index (χ2v) is 37.2. The number of fused-ring (bicyclic) bond motifs is 6. The van der Waals surface area contributed by atoms with Crippen LogP contribution in [-0.2, 0) is 10.8 Å². The van der Waals surface area contributed by atoms with Crippen molar-refractivity contribution < 1.29 is 0 Å². The van der Waals surface area contributed by atoms with Crippen LogP contribution in [0.2, 0.25) is 0 Å². The number of hydrogen-bond acceptors (Lipinski definition) is 12. The predicted molar refractivity (Wildman–Crippen MR) is 542 cm³/mol. The molecule has 12 heteroatoms. The van der Waals surface area contributed by atoms with Gasteiger partial charge in [-0.3, -0.25) is 0 Å². The molecule has 0 aliphatic heterocycles. The van der Waals surface area contributed by atoms with Crippen LogP contribution in [0.5, 0.6) is 0 Å². The van der Waals surface area contributed by atoms with Crippen molar-refractivity contribution in [3.63, 3.8) is 0 Å². The highest BCUT2D eigenvalue weighted by atomic mass is 15.1. The summed E-state index contributed by atoms with van der Waals surface area (Å²) in [5.74, 6) is 7.91. The molecule has 21 aromatic rings. The average Bonchev–Trinajstić information content (AvgIpc) is 0.971. The summed E-state index contributed by atoms with van der Waals surface area (Å²) in [5, 5.41) is 0. The molecule has 0 saturated heterocycles. The highest BCUT2D eigenvalue weighted by Crippen LogP contribution is 2.60. The quantitative estimate of drug-likeness (QED) is 0.108. The Morgan fingerprint density at radius 1 is 0.132 bits per heavy atom. The summed E-state index contributed by atoms with van der Waals surface area (Å²) in [4.78, 5) is 61.5. The lowest BCUT2D eigenvalue weighted by molar-refractivity contribution is 0.660. The molecule has 8 aliphatic carbocycles. The zero-order valence-electron chi connectivity index (χ0n) is 74.9. The summed E-state index contributed by atoms with van der Waals surface area (Å²) >= 11 is 0. The van der Waals surface area contributed by atoms with Gasteiger partial charge in [0.15, 0.2) is 69.9 Å². The van der Waals surface area contributed by atoms with Crippen molar-refractivity contribution in [3.05, 3.63) is 502 Å². The molecule has 29 rings (SSSR count). The van der Waals surface area contributed by atoms with Crippen LogP contribution in [0.3, 0.4) is 0 Å². The van der Waals surface area contributed by atoms with E-state index in [1.165, 1.54) is 117 Å². The van der Waals surface area contributed by atoms with Gasteiger partial charge in [-0.05, 0) is 159 Å². The maximum absolute atomic E-state index is 5.28. The van der Waals surface area contributed by atoms with Crippen molar-refractivity contribution in [1.29, 1.82) is 0 Å². The minimum atomic E-state index is -0.0875. The zero-order valence-corrected chi connectivity index (χ0v) is 74.9. The Kier molecular flexibility index (Phi) is 18.6. The number of hydrogen-bond donors (Lipinski definition) is 0. The van der Waals surface area contributed by atoms with E-state index in [0.717, 1.165) is 72.3 Å². The summed E-state index contributed by atoms with van der Waals surface area (Å²) in [6.07, 6.45) is 0. The fraction of sp³-hybridized carbons (Fsp3) is 0.0806. The van der Waals surface area contributed by atoms with Crippen LogP contribution in [0.1, 0.15) is 140 Å². The van der Waals surface area contributed by atoms with Crippen LogP contribution in [0.15, 0.2) is 413 Å². The summed E-state index contributed by atoms with van der Waals surface area (Å²) in [5.41, 5.74) is 39.8. The first-order valence-corrected chi connectivity index (χ1v) is 46.6. The van der Waals surface area contributed by atoms with Crippen molar-refractivity contribution in [1.82, 2.24) is 59.8 Å². The van der Waals surface area contributed by atoms with Crippen LogP contribution >= 0.6 is 0 Å². The molecule has 12 nitrogen and oxygen atoms in total. The van der Waals surface area contributed by atoms with Gasteiger partial charge in [-0.2, -0.15) is 0 Å². The van der Waals surface area contributed by atoms with Gasteiger partial charge in [0.2, 0.25) is 0 Å². The van der Waals surface area contributed by atoms with E-state index >= 15 is 0 Å². The molecule has 17 aromatic carbocycles. The topological polar surface area (TPSA) is 155 Å². The second-order valence-electron chi connectivity index (χ2n) is 37.2. The van der Waals surface area contributed by atoms with E-state index < -0.39 is 0 Å². The van der Waals surface area contributed by atoms with Gasteiger partial charge >= 0.3 is 0 Å². The molecule has 0 radical (unpaired) electrons. The number of benzene rings is 17. The third-order valence-corrected chi connectivity index (χ3v) is 28.7. The maximum atomic E-state index is 5.28. The Morgan fingerprint density at radius 3 is 0.581 bits per heavy atom. The van der Waals surface area contributed by atoms with Crippen LogP contribution in [0.25, 0.3) is 170 Å². The first-order valence-electron chi connectivity index (χ1n) is 46.6. The monoisotopic (exact) mass is 1740 g/mol. The smallest absolute Gasteiger partial charge is 0.164 e. The fourth-order valence-electron chi connectivity index (χ4n) is 22.1. The van der Waals surface area contributed by atoms with Gasteiger partial charge in [0, 0.05) is 101 Å². The average molecular weight is 1740 g/mol. The first kappa shape index (κ1) is 79.7. The molecule has 0 saturated carbocycles. The fourth-order valence-corrected chi connectivity index (χ4v) is 22.1. The van der Waals surface area contributed by atoms with Crippen LogP contribution < -0.4 is 0 Å². The van der Waals surface area contributed by atoms with Gasteiger partial charge < -0.3 is 0 Å². The highest BCUT2D eigenvalue weighted by Gasteiger charge is 2.45.